The summed E-state index contributed by atoms with van der Waals surface area (Å²) in [4.78, 5) is 15.9. The van der Waals surface area contributed by atoms with Crippen molar-refractivity contribution in [2.75, 3.05) is 13.7 Å². The van der Waals surface area contributed by atoms with Gasteiger partial charge in [0, 0.05) is 25.4 Å². The van der Waals surface area contributed by atoms with Gasteiger partial charge in [-0.25, -0.2) is 4.98 Å². The van der Waals surface area contributed by atoms with Crippen molar-refractivity contribution in [1.82, 2.24) is 25.3 Å². The van der Waals surface area contributed by atoms with Gasteiger partial charge in [-0.05, 0) is 11.6 Å². The number of pyridine rings is 1. The van der Waals surface area contributed by atoms with E-state index in [1.807, 2.05) is 0 Å². The molecule has 0 aliphatic rings. The molecule has 0 saturated heterocycles. The minimum absolute atomic E-state index is 0.263. The number of hydrogen-bond donors (Lipinski definition) is 2. The Hall–Kier alpha value is -2.48. The summed E-state index contributed by atoms with van der Waals surface area (Å²) >= 11 is 0. The Morgan fingerprint density at radius 2 is 2.40 bits per heavy atom. The van der Waals surface area contributed by atoms with Crippen LogP contribution in [0, 0.1) is 0 Å². The molecular weight excluding hydrogens is 260 g/mol. The third kappa shape index (κ3) is 3.51. The first kappa shape index (κ1) is 13.9. The van der Waals surface area contributed by atoms with Crippen LogP contribution < -0.4 is 15.8 Å². The highest BCUT2D eigenvalue weighted by molar-refractivity contribution is 5.91. The molecule has 8 nitrogen and oxygen atoms in total. The van der Waals surface area contributed by atoms with Gasteiger partial charge < -0.3 is 15.8 Å². The highest BCUT2D eigenvalue weighted by atomic mass is 16.5. The predicted octanol–water partition coefficient (Wildman–Crippen LogP) is -0.430. The van der Waals surface area contributed by atoms with Gasteiger partial charge in [-0.3, -0.25) is 9.48 Å². The summed E-state index contributed by atoms with van der Waals surface area (Å²) < 4.78 is 6.55. The Labute approximate surface area is 115 Å². The van der Waals surface area contributed by atoms with Gasteiger partial charge in [0.1, 0.15) is 0 Å². The molecule has 3 N–H and O–H groups in total. The molecule has 0 fully saturated rings. The van der Waals surface area contributed by atoms with E-state index < -0.39 is 0 Å². The summed E-state index contributed by atoms with van der Waals surface area (Å²) in [6.07, 6.45) is 3.19. The van der Waals surface area contributed by atoms with E-state index in [0.29, 0.717) is 25.5 Å². The third-order valence-electron chi connectivity index (χ3n) is 2.59. The zero-order chi connectivity index (χ0) is 14.4. The van der Waals surface area contributed by atoms with Crippen LogP contribution in [-0.4, -0.2) is 39.5 Å². The van der Waals surface area contributed by atoms with Gasteiger partial charge in [0.05, 0.1) is 19.9 Å². The number of nitrogens with two attached hydrogens (primary N) is 1. The summed E-state index contributed by atoms with van der Waals surface area (Å²) in [6.45, 7) is 1.34. The molecule has 8 heteroatoms. The lowest BCUT2D eigenvalue weighted by molar-refractivity contribution is 0.0945. The molecule has 0 spiro atoms. The van der Waals surface area contributed by atoms with Crippen LogP contribution in [0.2, 0.25) is 0 Å². The third-order valence-corrected chi connectivity index (χ3v) is 2.59. The molecule has 2 aromatic rings. The predicted molar refractivity (Wildman–Crippen MR) is 71.0 cm³/mol. The van der Waals surface area contributed by atoms with Crippen LogP contribution in [0.5, 0.6) is 5.88 Å². The minimum Gasteiger partial charge on any atom is -0.481 e. The standard InChI is InChI=1S/C12H16N6O2/c1-20-11-6-9(2-4-14-11)7-15-12(19)10-8-18(5-3-13)17-16-10/h2,4,6,8H,3,5,7,13H2,1H3,(H,15,19). The normalized spacial score (nSPS) is 10.3. The molecule has 0 bridgehead atoms. The van der Waals surface area contributed by atoms with E-state index in [9.17, 15) is 4.79 Å². The summed E-state index contributed by atoms with van der Waals surface area (Å²) in [6, 6.07) is 3.56. The van der Waals surface area contributed by atoms with Crippen molar-refractivity contribution in [3.05, 3.63) is 35.8 Å². The van der Waals surface area contributed by atoms with E-state index in [0.717, 1.165) is 5.56 Å². The van der Waals surface area contributed by atoms with E-state index in [1.54, 1.807) is 31.6 Å². The number of aromatic nitrogens is 4. The molecule has 2 heterocycles. The lowest BCUT2D eigenvalue weighted by Crippen LogP contribution is -2.23. The number of nitrogens with zero attached hydrogens (tertiary/aromatic N) is 4. The van der Waals surface area contributed by atoms with Crippen molar-refractivity contribution < 1.29 is 9.53 Å². The van der Waals surface area contributed by atoms with E-state index in [2.05, 4.69) is 20.6 Å². The van der Waals surface area contributed by atoms with Crippen molar-refractivity contribution in [2.24, 2.45) is 5.73 Å². The monoisotopic (exact) mass is 276 g/mol. The van der Waals surface area contributed by atoms with Gasteiger partial charge >= 0.3 is 0 Å². The summed E-state index contributed by atoms with van der Waals surface area (Å²) in [5.74, 6) is 0.217. The molecule has 0 radical (unpaired) electrons. The van der Waals surface area contributed by atoms with E-state index >= 15 is 0 Å². The molecule has 2 aromatic heterocycles. The highest BCUT2D eigenvalue weighted by Gasteiger charge is 2.10. The van der Waals surface area contributed by atoms with E-state index in [4.69, 9.17) is 10.5 Å². The van der Waals surface area contributed by atoms with Crippen molar-refractivity contribution in [3.8, 4) is 5.88 Å². The Morgan fingerprint density at radius 3 is 3.15 bits per heavy atom. The molecule has 1 amide bonds. The number of nitrogens with one attached hydrogen (secondary N) is 1. The number of rotatable bonds is 6. The van der Waals surface area contributed by atoms with E-state index in [-0.39, 0.29) is 11.6 Å². The van der Waals surface area contributed by atoms with Crippen molar-refractivity contribution in [1.29, 1.82) is 0 Å². The number of amides is 1. The number of ether oxygens (including phenoxy) is 1. The first-order chi connectivity index (χ1) is 9.72. The average Bonchev–Trinajstić information content (AvgIpc) is 2.94. The second-order valence-electron chi connectivity index (χ2n) is 4.04. The zero-order valence-electron chi connectivity index (χ0n) is 11.1. The number of carbonyl (C=O) groups is 1. The van der Waals surface area contributed by atoms with Crippen LogP contribution in [-0.2, 0) is 13.1 Å². The number of methoxy groups -OCH3 is 1. The van der Waals surface area contributed by atoms with Crippen molar-refractivity contribution in [2.45, 2.75) is 13.1 Å². The minimum atomic E-state index is -0.288. The number of hydrogen-bond acceptors (Lipinski definition) is 6. The molecule has 0 aromatic carbocycles. The van der Waals surface area contributed by atoms with Gasteiger partial charge in [0.2, 0.25) is 5.88 Å². The van der Waals surface area contributed by atoms with Gasteiger partial charge in [-0.15, -0.1) is 5.10 Å². The maximum absolute atomic E-state index is 11.9. The van der Waals surface area contributed by atoms with Gasteiger partial charge in [0.15, 0.2) is 5.69 Å². The van der Waals surface area contributed by atoms with Crippen LogP contribution in [0.25, 0.3) is 0 Å². The molecule has 20 heavy (non-hydrogen) atoms. The Bertz CT molecular complexity index is 583. The topological polar surface area (TPSA) is 108 Å². The zero-order valence-corrected chi connectivity index (χ0v) is 11.1. The quantitative estimate of drug-likeness (QED) is 0.741. The first-order valence-electron chi connectivity index (χ1n) is 6.10. The van der Waals surface area contributed by atoms with Crippen molar-refractivity contribution >= 4 is 5.91 Å². The molecule has 2 rings (SSSR count). The molecule has 106 valence electrons. The Morgan fingerprint density at radius 1 is 1.55 bits per heavy atom. The summed E-state index contributed by atoms with van der Waals surface area (Å²) in [5, 5.41) is 10.3. The number of carbonyl (C=O) groups excluding carboxylic acids is 1. The maximum atomic E-state index is 11.9. The van der Waals surface area contributed by atoms with Crippen LogP contribution in [0.4, 0.5) is 0 Å². The molecule has 0 atom stereocenters. The lowest BCUT2D eigenvalue weighted by atomic mass is 10.2. The second kappa shape index (κ2) is 6.62. The molecular formula is C12H16N6O2. The SMILES string of the molecule is COc1cc(CNC(=O)c2cn(CCN)nn2)ccn1. The van der Waals surface area contributed by atoms with E-state index in [1.165, 1.54) is 4.68 Å². The fraction of sp³-hybridized carbons (Fsp3) is 0.333. The molecule has 0 unspecified atom stereocenters. The molecule has 0 aliphatic heterocycles. The van der Waals surface area contributed by atoms with Crippen LogP contribution in [0.3, 0.4) is 0 Å². The Kier molecular flexibility index (Phi) is 4.61. The molecule has 0 saturated carbocycles. The average molecular weight is 276 g/mol. The van der Waals surface area contributed by atoms with Gasteiger partial charge in [-0.2, -0.15) is 0 Å². The largest absolute Gasteiger partial charge is 0.481 e. The fourth-order valence-corrected chi connectivity index (χ4v) is 1.59. The first-order valence-corrected chi connectivity index (χ1v) is 6.10. The van der Waals surface area contributed by atoms with Gasteiger partial charge in [0.25, 0.3) is 5.91 Å². The second-order valence-corrected chi connectivity index (χ2v) is 4.04. The maximum Gasteiger partial charge on any atom is 0.273 e. The van der Waals surface area contributed by atoms with Crippen LogP contribution in [0.15, 0.2) is 24.5 Å². The van der Waals surface area contributed by atoms with Crippen LogP contribution >= 0.6 is 0 Å². The fourth-order valence-electron chi connectivity index (χ4n) is 1.59. The summed E-state index contributed by atoms with van der Waals surface area (Å²) in [7, 11) is 1.54. The summed E-state index contributed by atoms with van der Waals surface area (Å²) in [5.41, 5.74) is 6.55. The van der Waals surface area contributed by atoms with Gasteiger partial charge in [-0.1, -0.05) is 5.21 Å². The Balaban J connectivity index is 1.93. The van der Waals surface area contributed by atoms with Crippen molar-refractivity contribution in [3.63, 3.8) is 0 Å². The smallest absolute Gasteiger partial charge is 0.273 e. The highest BCUT2D eigenvalue weighted by Crippen LogP contribution is 2.08. The van der Waals surface area contributed by atoms with Crippen LogP contribution in [0.1, 0.15) is 16.1 Å². The lowest BCUT2D eigenvalue weighted by Gasteiger charge is -2.04. The molecule has 0 aliphatic carbocycles.